The largest absolute Gasteiger partial charge is 0.450 e. The minimum atomic E-state index is -0.272. The number of likely N-dealkylation sites (N-methyl/N-ethyl adjacent to an activating group) is 1. The Balaban J connectivity index is 1.86. The highest BCUT2D eigenvalue weighted by Crippen LogP contribution is 2.18. The normalized spacial score (nSPS) is 16.1. The second kappa shape index (κ2) is 11.7. The fraction of sp³-hybridized carbons (Fsp3) is 0.636. The number of ether oxygens (including phenoxy) is 1. The molecule has 1 aliphatic heterocycles. The van der Waals surface area contributed by atoms with Crippen LogP contribution in [0.5, 0.6) is 0 Å². The number of carbonyl (C=O) groups is 2. The first-order chi connectivity index (χ1) is 13.6. The lowest BCUT2D eigenvalue weighted by atomic mass is 9.96. The molecule has 1 atom stereocenters. The Bertz CT molecular complexity index is 596. The molecule has 28 heavy (non-hydrogen) atoms. The Hall–Kier alpha value is -2.08. The monoisotopic (exact) mass is 389 g/mol. The lowest BCUT2D eigenvalue weighted by molar-refractivity contribution is -0.126. The molecule has 1 aromatic carbocycles. The summed E-state index contributed by atoms with van der Waals surface area (Å²) in [6.07, 6.45) is 2.04. The molecule has 1 aliphatic rings. The Morgan fingerprint density at radius 1 is 1.14 bits per heavy atom. The van der Waals surface area contributed by atoms with Crippen LogP contribution >= 0.6 is 0 Å². The maximum atomic E-state index is 12.7. The molecule has 0 bridgehead atoms. The number of nitrogens with zero attached hydrogens (tertiary/aromatic N) is 2. The third-order valence-electron chi connectivity index (χ3n) is 5.55. The van der Waals surface area contributed by atoms with Gasteiger partial charge in [-0.25, -0.2) is 4.79 Å². The summed E-state index contributed by atoms with van der Waals surface area (Å²) in [6, 6.07) is 10.7. The molecule has 1 heterocycles. The lowest BCUT2D eigenvalue weighted by Crippen LogP contribution is -2.48. The molecule has 1 fully saturated rings. The topological polar surface area (TPSA) is 61.9 Å². The van der Waals surface area contributed by atoms with Gasteiger partial charge in [0.15, 0.2) is 0 Å². The van der Waals surface area contributed by atoms with Crippen molar-refractivity contribution < 1.29 is 14.3 Å². The van der Waals surface area contributed by atoms with Crippen LogP contribution in [0.4, 0.5) is 4.79 Å². The highest BCUT2D eigenvalue weighted by atomic mass is 16.6. The molecule has 0 aromatic heterocycles. The van der Waals surface area contributed by atoms with Gasteiger partial charge in [0.1, 0.15) is 0 Å². The van der Waals surface area contributed by atoms with E-state index < -0.39 is 0 Å². The van der Waals surface area contributed by atoms with Gasteiger partial charge in [-0.1, -0.05) is 44.2 Å². The van der Waals surface area contributed by atoms with Crippen molar-refractivity contribution in [3.8, 4) is 0 Å². The summed E-state index contributed by atoms with van der Waals surface area (Å²) in [5, 5.41) is 3.18. The van der Waals surface area contributed by atoms with Crippen molar-refractivity contribution >= 4 is 12.0 Å². The molecule has 2 rings (SSSR count). The quantitative estimate of drug-likeness (QED) is 0.705. The number of rotatable bonds is 9. The fourth-order valence-corrected chi connectivity index (χ4v) is 3.86. The van der Waals surface area contributed by atoms with Crippen LogP contribution in [-0.2, 0) is 16.0 Å². The first kappa shape index (κ1) is 22.2. The van der Waals surface area contributed by atoms with Gasteiger partial charge in [-0.05, 0) is 44.8 Å². The van der Waals surface area contributed by atoms with Crippen LogP contribution in [0, 0.1) is 5.92 Å². The number of carbonyl (C=O) groups excluding carboxylic acids is 2. The molecule has 1 aromatic rings. The fourth-order valence-electron chi connectivity index (χ4n) is 3.86. The Morgan fingerprint density at radius 3 is 2.36 bits per heavy atom. The van der Waals surface area contributed by atoms with E-state index in [1.165, 1.54) is 5.56 Å². The molecule has 1 saturated heterocycles. The Kier molecular flexibility index (Phi) is 9.28. The van der Waals surface area contributed by atoms with Crippen LogP contribution in [0.1, 0.15) is 39.2 Å². The van der Waals surface area contributed by atoms with Gasteiger partial charge in [-0.3, -0.25) is 9.69 Å². The second-order valence-corrected chi connectivity index (χ2v) is 7.27. The predicted molar refractivity (Wildman–Crippen MR) is 111 cm³/mol. The molecule has 2 amide bonds. The summed E-state index contributed by atoms with van der Waals surface area (Å²) < 4.78 is 5.04. The number of nitrogens with one attached hydrogen (secondary N) is 1. The van der Waals surface area contributed by atoms with Crippen molar-refractivity contribution in [2.75, 3.05) is 39.3 Å². The first-order valence-electron chi connectivity index (χ1n) is 10.6. The van der Waals surface area contributed by atoms with Gasteiger partial charge in [0.2, 0.25) is 5.91 Å². The van der Waals surface area contributed by atoms with E-state index in [2.05, 4.69) is 48.3 Å². The highest BCUT2D eigenvalue weighted by Gasteiger charge is 2.28. The van der Waals surface area contributed by atoms with Crippen LogP contribution < -0.4 is 5.32 Å². The second-order valence-electron chi connectivity index (χ2n) is 7.27. The summed E-state index contributed by atoms with van der Waals surface area (Å²) in [5.41, 5.74) is 1.29. The van der Waals surface area contributed by atoms with E-state index in [4.69, 9.17) is 4.74 Å². The molecule has 0 saturated carbocycles. The summed E-state index contributed by atoms with van der Waals surface area (Å²) in [4.78, 5) is 28.6. The minimum Gasteiger partial charge on any atom is -0.450 e. The van der Waals surface area contributed by atoms with Crippen LogP contribution in [0.3, 0.4) is 0 Å². The van der Waals surface area contributed by atoms with Gasteiger partial charge < -0.3 is 15.0 Å². The Labute approximate surface area is 169 Å². The number of likely N-dealkylation sites (tertiary alicyclic amines) is 1. The van der Waals surface area contributed by atoms with Crippen molar-refractivity contribution in [3.63, 3.8) is 0 Å². The van der Waals surface area contributed by atoms with Crippen molar-refractivity contribution in [3.05, 3.63) is 35.9 Å². The van der Waals surface area contributed by atoms with E-state index in [0.29, 0.717) is 39.1 Å². The molecule has 0 aliphatic carbocycles. The number of benzene rings is 1. The SMILES string of the molecule is CCOC(=O)N1CCC(C(=O)NC[C@@H](Cc2ccccc2)N(CC)CC)CC1. The van der Waals surface area contributed by atoms with E-state index in [1.807, 2.05) is 6.07 Å². The predicted octanol–water partition coefficient (Wildman–Crippen LogP) is 2.92. The van der Waals surface area contributed by atoms with Crippen molar-refractivity contribution in [2.45, 2.75) is 46.1 Å². The zero-order chi connectivity index (χ0) is 20.4. The summed E-state index contributed by atoms with van der Waals surface area (Å²) in [7, 11) is 0. The van der Waals surface area contributed by atoms with Crippen LogP contribution in [0.2, 0.25) is 0 Å². The number of amides is 2. The van der Waals surface area contributed by atoms with Gasteiger partial charge in [0, 0.05) is 31.6 Å². The average Bonchev–Trinajstić information content (AvgIpc) is 2.73. The number of hydrogen-bond acceptors (Lipinski definition) is 4. The van der Waals surface area contributed by atoms with E-state index in [0.717, 1.165) is 19.5 Å². The molecule has 0 radical (unpaired) electrons. The van der Waals surface area contributed by atoms with Crippen molar-refractivity contribution in [1.82, 2.24) is 15.1 Å². The smallest absolute Gasteiger partial charge is 0.409 e. The van der Waals surface area contributed by atoms with Crippen LogP contribution in [0.25, 0.3) is 0 Å². The molecule has 0 unspecified atom stereocenters. The van der Waals surface area contributed by atoms with Crippen molar-refractivity contribution in [2.24, 2.45) is 5.92 Å². The van der Waals surface area contributed by atoms with Gasteiger partial charge in [0.25, 0.3) is 0 Å². The third-order valence-corrected chi connectivity index (χ3v) is 5.55. The van der Waals surface area contributed by atoms with Gasteiger partial charge >= 0.3 is 6.09 Å². The zero-order valence-corrected chi connectivity index (χ0v) is 17.5. The van der Waals surface area contributed by atoms with E-state index in [9.17, 15) is 9.59 Å². The van der Waals surface area contributed by atoms with E-state index in [1.54, 1.807) is 11.8 Å². The maximum absolute atomic E-state index is 12.7. The van der Waals surface area contributed by atoms with Gasteiger partial charge in [-0.15, -0.1) is 0 Å². The molecule has 156 valence electrons. The van der Waals surface area contributed by atoms with Crippen LogP contribution in [-0.4, -0.2) is 67.2 Å². The molecule has 1 N–H and O–H groups in total. The summed E-state index contributed by atoms with van der Waals surface area (Å²) >= 11 is 0. The van der Waals surface area contributed by atoms with Gasteiger partial charge in [0.05, 0.1) is 6.61 Å². The lowest BCUT2D eigenvalue weighted by Gasteiger charge is -2.32. The number of piperidine rings is 1. The molecule has 6 nitrogen and oxygen atoms in total. The standard InChI is InChI=1S/C22H35N3O3/c1-4-24(5-2)20(16-18-10-8-7-9-11-18)17-23-21(26)19-12-14-25(15-13-19)22(27)28-6-3/h7-11,19-20H,4-6,12-17H2,1-3H3,(H,23,26)/t20-/m1/s1. The number of hydrogen-bond donors (Lipinski definition) is 1. The first-order valence-corrected chi connectivity index (χ1v) is 10.6. The molecule has 0 spiro atoms. The van der Waals surface area contributed by atoms with Crippen molar-refractivity contribution in [1.29, 1.82) is 0 Å². The van der Waals surface area contributed by atoms with Gasteiger partial charge in [-0.2, -0.15) is 0 Å². The molecular weight excluding hydrogens is 354 g/mol. The minimum absolute atomic E-state index is 0.0280. The zero-order valence-electron chi connectivity index (χ0n) is 17.5. The third kappa shape index (κ3) is 6.51. The highest BCUT2D eigenvalue weighted by molar-refractivity contribution is 5.79. The molecule has 6 heteroatoms. The Morgan fingerprint density at radius 2 is 1.79 bits per heavy atom. The maximum Gasteiger partial charge on any atom is 0.409 e. The molecular formula is C22H35N3O3. The average molecular weight is 390 g/mol. The summed E-state index contributed by atoms with van der Waals surface area (Å²) in [6.45, 7) is 10.2. The summed E-state index contributed by atoms with van der Waals surface area (Å²) in [5.74, 6) is 0.0773. The van der Waals surface area contributed by atoms with E-state index in [-0.39, 0.29) is 24.0 Å². The van der Waals surface area contributed by atoms with E-state index >= 15 is 0 Å². The van der Waals surface area contributed by atoms with Crippen LogP contribution in [0.15, 0.2) is 30.3 Å².